The number of benzene rings is 1. The first-order chi connectivity index (χ1) is 16.0. The molecule has 1 atom stereocenters. The Balaban J connectivity index is 1.27. The molecule has 1 aliphatic carbocycles. The Morgan fingerprint density at radius 3 is 2.88 bits per heavy atom. The highest BCUT2D eigenvalue weighted by atomic mass is 32.1. The number of hydrogen-bond donors (Lipinski definition) is 1. The van der Waals surface area contributed by atoms with Crippen LogP contribution < -0.4 is 10.2 Å². The molecule has 1 aliphatic heterocycles. The average molecular weight is 458 g/mol. The summed E-state index contributed by atoms with van der Waals surface area (Å²) >= 11 is 1.44. The molecule has 2 aromatic heterocycles. The Bertz CT molecular complexity index is 1280. The molecule has 1 saturated carbocycles. The minimum absolute atomic E-state index is 0.133. The normalized spacial score (nSPS) is 20.0. The molecule has 0 spiro atoms. The Morgan fingerprint density at radius 2 is 2.15 bits per heavy atom. The zero-order chi connectivity index (χ0) is 23.0. The van der Waals surface area contributed by atoms with Crippen LogP contribution in [-0.4, -0.2) is 27.7 Å². The molecule has 3 heterocycles. The molecule has 0 bridgehead atoms. The molecule has 5 rings (SSSR count). The van der Waals surface area contributed by atoms with Gasteiger partial charge < -0.3 is 10.2 Å². The Labute approximate surface area is 196 Å². The number of nitriles is 1. The minimum atomic E-state index is -0.895. The van der Waals surface area contributed by atoms with Crippen molar-refractivity contribution in [2.45, 2.75) is 32.6 Å². The van der Waals surface area contributed by atoms with Gasteiger partial charge in [0.15, 0.2) is 0 Å². The summed E-state index contributed by atoms with van der Waals surface area (Å²) in [7, 11) is 0. The summed E-state index contributed by atoms with van der Waals surface area (Å²) < 4.78 is 4.32. The second kappa shape index (κ2) is 8.41. The monoisotopic (exact) mass is 457 g/mol. The van der Waals surface area contributed by atoms with E-state index >= 15 is 0 Å². The summed E-state index contributed by atoms with van der Waals surface area (Å²) in [4.78, 5) is 32.7. The van der Waals surface area contributed by atoms with Gasteiger partial charge >= 0.3 is 0 Å². The van der Waals surface area contributed by atoms with Crippen LogP contribution in [-0.2, 0) is 16.0 Å². The van der Waals surface area contributed by atoms with Gasteiger partial charge in [0, 0.05) is 24.5 Å². The molecule has 3 aromatic rings. The average Bonchev–Trinajstić information content (AvgIpc) is 3.48. The van der Waals surface area contributed by atoms with Gasteiger partial charge in [-0.3, -0.25) is 9.59 Å². The number of hydrogen-bond acceptors (Lipinski definition) is 6. The highest BCUT2D eigenvalue weighted by Crippen LogP contribution is 2.51. The lowest BCUT2D eigenvalue weighted by Gasteiger charge is -2.21. The molecule has 33 heavy (non-hydrogen) atoms. The van der Waals surface area contributed by atoms with Crippen LogP contribution >= 0.6 is 11.5 Å². The standard InChI is InChI=1S/C25H23N5O2S/c1-16-11-21(33-29-16)18-4-2-3-17(12-18)13-23(31)28-22-14-20(7-9-27-22)30-10-8-25(15-26,24(30)32)19-5-6-19/h2-4,7,9,11-12,14,19H,5-6,8,10,13H2,1H3,(H,27,28,31)/t25-/m1/s1. The first-order valence-electron chi connectivity index (χ1n) is 11.0. The summed E-state index contributed by atoms with van der Waals surface area (Å²) in [5, 5.41) is 12.5. The van der Waals surface area contributed by atoms with E-state index in [1.54, 1.807) is 23.2 Å². The van der Waals surface area contributed by atoms with E-state index in [1.165, 1.54) is 11.5 Å². The topological polar surface area (TPSA) is 99.0 Å². The van der Waals surface area contributed by atoms with Crippen molar-refractivity contribution in [3.63, 3.8) is 0 Å². The first kappa shape index (κ1) is 21.3. The van der Waals surface area contributed by atoms with Crippen molar-refractivity contribution in [2.24, 2.45) is 11.3 Å². The van der Waals surface area contributed by atoms with Crippen LogP contribution in [0, 0.1) is 29.6 Å². The van der Waals surface area contributed by atoms with E-state index in [0.29, 0.717) is 24.5 Å². The minimum Gasteiger partial charge on any atom is -0.311 e. The number of carbonyl (C=O) groups excluding carboxylic acids is 2. The molecule has 0 unspecified atom stereocenters. The Kier molecular flexibility index (Phi) is 5.43. The predicted octanol–water partition coefficient (Wildman–Crippen LogP) is 4.35. The number of pyridine rings is 1. The maximum absolute atomic E-state index is 13.1. The molecular formula is C25H23N5O2S. The largest absolute Gasteiger partial charge is 0.311 e. The lowest BCUT2D eigenvalue weighted by molar-refractivity contribution is -0.123. The quantitative estimate of drug-likeness (QED) is 0.593. The molecule has 2 aliphatic rings. The third kappa shape index (κ3) is 4.12. The van der Waals surface area contributed by atoms with E-state index in [4.69, 9.17) is 0 Å². The third-order valence-corrected chi connectivity index (χ3v) is 7.29. The number of rotatable bonds is 6. The summed E-state index contributed by atoms with van der Waals surface area (Å²) in [6.07, 6.45) is 4.21. The van der Waals surface area contributed by atoms with Gasteiger partial charge in [-0.15, -0.1) is 0 Å². The van der Waals surface area contributed by atoms with E-state index in [2.05, 4.69) is 20.7 Å². The number of amides is 2. The lowest BCUT2D eigenvalue weighted by atomic mass is 9.83. The molecule has 1 aromatic carbocycles. The molecule has 2 amide bonds. The summed E-state index contributed by atoms with van der Waals surface area (Å²) in [5.41, 5.74) is 2.67. The SMILES string of the molecule is Cc1cc(-c2cccc(CC(=O)Nc3cc(N4CC[C@@](C#N)(C5CC5)C4=O)ccn3)c2)sn1. The van der Waals surface area contributed by atoms with Crippen molar-refractivity contribution in [3.8, 4) is 16.5 Å². The summed E-state index contributed by atoms with van der Waals surface area (Å²) in [6.45, 7) is 2.46. The zero-order valence-electron chi connectivity index (χ0n) is 18.2. The molecule has 8 heteroatoms. The maximum atomic E-state index is 13.1. The third-order valence-electron chi connectivity index (χ3n) is 6.36. The van der Waals surface area contributed by atoms with Gasteiger partial charge in [-0.1, -0.05) is 18.2 Å². The van der Waals surface area contributed by atoms with Gasteiger partial charge in [-0.05, 0) is 73.0 Å². The van der Waals surface area contributed by atoms with E-state index in [0.717, 1.165) is 34.5 Å². The van der Waals surface area contributed by atoms with E-state index in [1.807, 2.05) is 37.3 Å². The molecule has 1 N–H and O–H groups in total. The molecule has 1 saturated heterocycles. The number of anilines is 2. The molecule has 7 nitrogen and oxygen atoms in total. The Hall–Kier alpha value is -3.57. The van der Waals surface area contributed by atoms with Crippen molar-refractivity contribution in [1.82, 2.24) is 9.36 Å². The van der Waals surface area contributed by atoms with E-state index in [-0.39, 0.29) is 24.2 Å². The van der Waals surface area contributed by atoms with Crippen LogP contribution in [0.3, 0.4) is 0 Å². The van der Waals surface area contributed by atoms with Gasteiger partial charge in [0.1, 0.15) is 11.2 Å². The Morgan fingerprint density at radius 1 is 1.30 bits per heavy atom. The number of nitrogens with one attached hydrogen (secondary N) is 1. The fraction of sp³-hybridized carbons (Fsp3) is 0.320. The summed E-state index contributed by atoms with van der Waals surface area (Å²) in [6, 6.07) is 15.6. The highest BCUT2D eigenvalue weighted by molar-refractivity contribution is 7.09. The zero-order valence-corrected chi connectivity index (χ0v) is 19.1. The smallest absolute Gasteiger partial charge is 0.247 e. The molecule has 0 radical (unpaired) electrons. The first-order valence-corrected chi connectivity index (χ1v) is 11.8. The van der Waals surface area contributed by atoms with Crippen LogP contribution in [0.15, 0.2) is 48.7 Å². The fourth-order valence-corrected chi connectivity index (χ4v) is 5.25. The second-order valence-corrected chi connectivity index (χ2v) is 9.53. The van der Waals surface area contributed by atoms with Crippen molar-refractivity contribution >= 4 is 34.9 Å². The lowest BCUT2D eigenvalue weighted by Crippen LogP contribution is -2.35. The van der Waals surface area contributed by atoms with Gasteiger partial charge in [-0.25, -0.2) is 4.98 Å². The second-order valence-electron chi connectivity index (χ2n) is 8.72. The van der Waals surface area contributed by atoms with Crippen molar-refractivity contribution in [1.29, 1.82) is 5.26 Å². The number of aryl methyl sites for hydroxylation is 1. The predicted molar refractivity (Wildman–Crippen MR) is 127 cm³/mol. The number of aromatic nitrogens is 2. The van der Waals surface area contributed by atoms with Gasteiger partial charge in [-0.2, -0.15) is 9.64 Å². The molecule has 2 fully saturated rings. The van der Waals surface area contributed by atoms with Crippen molar-refractivity contribution in [3.05, 3.63) is 59.9 Å². The van der Waals surface area contributed by atoms with E-state index in [9.17, 15) is 14.9 Å². The maximum Gasteiger partial charge on any atom is 0.247 e. The van der Waals surface area contributed by atoms with E-state index < -0.39 is 5.41 Å². The molecular weight excluding hydrogens is 434 g/mol. The van der Waals surface area contributed by atoms with Crippen LogP contribution in [0.2, 0.25) is 0 Å². The van der Waals surface area contributed by atoms with Gasteiger partial charge in [0.05, 0.1) is 23.1 Å². The van der Waals surface area contributed by atoms with Crippen molar-refractivity contribution < 1.29 is 9.59 Å². The fourth-order valence-electron chi connectivity index (χ4n) is 4.50. The highest BCUT2D eigenvalue weighted by Gasteiger charge is 2.56. The number of carbonyl (C=O) groups is 2. The van der Waals surface area contributed by atoms with Gasteiger partial charge in [0.2, 0.25) is 11.8 Å². The van der Waals surface area contributed by atoms with Crippen LogP contribution in [0.25, 0.3) is 10.4 Å². The summed E-state index contributed by atoms with van der Waals surface area (Å²) in [5.74, 6) is 0.242. The van der Waals surface area contributed by atoms with Crippen molar-refractivity contribution in [2.75, 3.05) is 16.8 Å². The van der Waals surface area contributed by atoms with Crippen LogP contribution in [0.1, 0.15) is 30.5 Å². The van der Waals surface area contributed by atoms with Crippen LogP contribution in [0.5, 0.6) is 0 Å². The molecule has 166 valence electrons. The number of nitrogens with zero attached hydrogens (tertiary/aromatic N) is 4. The van der Waals surface area contributed by atoms with Crippen LogP contribution in [0.4, 0.5) is 11.5 Å². The van der Waals surface area contributed by atoms with Gasteiger partial charge in [0.25, 0.3) is 0 Å².